The number of nitrogens with zero attached hydrogens (tertiary/aromatic N) is 2. The summed E-state index contributed by atoms with van der Waals surface area (Å²) >= 11 is 0. The Balaban J connectivity index is 1.70. The van der Waals surface area contributed by atoms with Gasteiger partial charge < -0.3 is 16.0 Å². The van der Waals surface area contributed by atoms with Gasteiger partial charge in [0, 0.05) is 18.5 Å². The number of fused-ring (bicyclic) bond motifs is 1. The SMILES string of the molecule is Nc1cc2cn[nH]c2cc1NCC(=O)N1CCCC1. The minimum atomic E-state index is 0.126. The highest BCUT2D eigenvalue weighted by molar-refractivity contribution is 5.90. The first-order valence-electron chi connectivity index (χ1n) is 6.48. The Morgan fingerprint density at radius 2 is 2.21 bits per heavy atom. The second-order valence-corrected chi connectivity index (χ2v) is 4.84. The van der Waals surface area contributed by atoms with Crippen molar-refractivity contribution in [3.63, 3.8) is 0 Å². The normalized spacial score (nSPS) is 15.1. The molecule has 0 unspecified atom stereocenters. The third kappa shape index (κ3) is 2.33. The number of nitrogen functional groups attached to an aromatic ring is 1. The fraction of sp³-hybridized carbons (Fsp3) is 0.385. The molecule has 0 aliphatic carbocycles. The molecule has 6 nitrogen and oxygen atoms in total. The van der Waals surface area contributed by atoms with Crippen LogP contribution in [-0.4, -0.2) is 40.6 Å². The molecule has 1 aromatic heterocycles. The molecule has 1 aliphatic heterocycles. The van der Waals surface area contributed by atoms with Crippen molar-refractivity contribution in [3.8, 4) is 0 Å². The maximum atomic E-state index is 11.9. The standard InChI is InChI=1S/C13H17N5O/c14-10-5-9-7-16-17-11(9)6-12(10)15-8-13(19)18-3-1-2-4-18/h5-7,15H,1-4,8,14H2,(H,16,17). The molecule has 1 amide bonds. The number of hydrogen-bond acceptors (Lipinski definition) is 4. The van der Waals surface area contributed by atoms with E-state index in [2.05, 4.69) is 15.5 Å². The van der Waals surface area contributed by atoms with E-state index in [4.69, 9.17) is 5.73 Å². The lowest BCUT2D eigenvalue weighted by Crippen LogP contribution is -2.33. The monoisotopic (exact) mass is 259 g/mol. The van der Waals surface area contributed by atoms with Gasteiger partial charge in [-0.05, 0) is 25.0 Å². The van der Waals surface area contributed by atoms with Crippen LogP contribution in [0.3, 0.4) is 0 Å². The second-order valence-electron chi connectivity index (χ2n) is 4.84. The van der Waals surface area contributed by atoms with E-state index in [1.54, 1.807) is 6.20 Å². The van der Waals surface area contributed by atoms with Gasteiger partial charge in [-0.2, -0.15) is 5.10 Å². The summed E-state index contributed by atoms with van der Waals surface area (Å²) in [4.78, 5) is 13.8. The molecule has 1 aliphatic rings. The summed E-state index contributed by atoms with van der Waals surface area (Å²) in [6, 6.07) is 3.73. The van der Waals surface area contributed by atoms with Gasteiger partial charge in [-0.3, -0.25) is 9.89 Å². The molecule has 0 bridgehead atoms. The first-order chi connectivity index (χ1) is 9.24. The quantitative estimate of drug-likeness (QED) is 0.722. The van der Waals surface area contributed by atoms with Crippen LogP contribution in [0.2, 0.25) is 0 Å². The van der Waals surface area contributed by atoms with Gasteiger partial charge in [0.2, 0.25) is 5.91 Å². The highest BCUT2D eigenvalue weighted by Crippen LogP contribution is 2.24. The molecule has 6 heteroatoms. The first-order valence-corrected chi connectivity index (χ1v) is 6.48. The number of amides is 1. The maximum Gasteiger partial charge on any atom is 0.241 e. The lowest BCUT2D eigenvalue weighted by molar-refractivity contribution is -0.128. The highest BCUT2D eigenvalue weighted by Gasteiger charge is 2.17. The van der Waals surface area contributed by atoms with Crippen molar-refractivity contribution in [2.24, 2.45) is 0 Å². The van der Waals surface area contributed by atoms with E-state index in [0.29, 0.717) is 5.69 Å². The molecule has 4 N–H and O–H groups in total. The third-order valence-electron chi connectivity index (χ3n) is 3.50. The van der Waals surface area contributed by atoms with Crippen LogP contribution in [0, 0.1) is 0 Å². The Labute approximate surface area is 111 Å². The van der Waals surface area contributed by atoms with Gasteiger partial charge in [0.05, 0.1) is 29.6 Å². The average molecular weight is 259 g/mol. The molecule has 0 spiro atoms. The van der Waals surface area contributed by atoms with Crippen molar-refractivity contribution >= 4 is 28.2 Å². The number of hydrogen-bond donors (Lipinski definition) is 3. The van der Waals surface area contributed by atoms with Crippen LogP contribution in [0.4, 0.5) is 11.4 Å². The molecule has 19 heavy (non-hydrogen) atoms. The molecule has 3 rings (SSSR count). The number of aromatic amines is 1. The van der Waals surface area contributed by atoms with E-state index in [9.17, 15) is 4.79 Å². The number of nitrogens with one attached hydrogen (secondary N) is 2. The van der Waals surface area contributed by atoms with E-state index < -0.39 is 0 Å². The minimum absolute atomic E-state index is 0.126. The number of nitrogens with two attached hydrogens (primary N) is 1. The minimum Gasteiger partial charge on any atom is -0.397 e. The number of carbonyl (C=O) groups excluding carboxylic acids is 1. The smallest absolute Gasteiger partial charge is 0.241 e. The summed E-state index contributed by atoms with van der Waals surface area (Å²) in [7, 11) is 0. The Morgan fingerprint density at radius 1 is 1.42 bits per heavy atom. The topological polar surface area (TPSA) is 87.0 Å². The van der Waals surface area contributed by atoms with E-state index in [-0.39, 0.29) is 12.5 Å². The van der Waals surface area contributed by atoms with Gasteiger partial charge in [-0.1, -0.05) is 0 Å². The summed E-state index contributed by atoms with van der Waals surface area (Å²) in [5.74, 6) is 0.126. The molecule has 100 valence electrons. The summed E-state index contributed by atoms with van der Waals surface area (Å²) < 4.78 is 0. The zero-order valence-corrected chi connectivity index (χ0v) is 10.6. The molecule has 1 fully saturated rings. The maximum absolute atomic E-state index is 11.9. The van der Waals surface area contributed by atoms with Crippen LogP contribution in [-0.2, 0) is 4.79 Å². The molecule has 1 saturated heterocycles. The van der Waals surface area contributed by atoms with Gasteiger partial charge >= 0.3 is 0 Å². The van der Waals surface area contributed by atoms with Gasteiger partial charge in [0.15, 0.2) is 0 Å². The van der Waals surface area contributed by atoms with Crippen LogP contribution in [0.25, 0.3) is 10.9 Å². The van der Waals surface area contributed by atoms with Crippen LogP contribution in [0.15, 0.2) is 18.3 Å². The number of H-pyrrole nitrogens is 1. The van der Waals surface area contributed by atoms with Gasteiger partial charge in [-0.25, -0.2) is 0 Å². The molecule has 2 aromatic rings. The largest absolute Gasteiger partial charge is 0.397 e. The van der Waals surface area contributed by atoms with Gasteiger partial charge in [0.25, 0.3) is 0 Å². The summed E-state index contributed by atoms with van der Waals surface area (Å²) in [6.45, 7) is 2.02. The number of carbonyl (C=O) groups is 1. The fourth-order valence-corrected chi connectivity index (χ4v) is 2.41. The summed E-state index contributed by atoms with van der Waals surface area (Å²) in [5.41, 5.74) is 8.26. The Hall–Kier alpha value is -2.24. The molecular weight excluding hydrogens is 242 g/mol. The van der Waals surface area contributed by atoms with Gasteiger partial charge in [0.1, 0.15) is 0 Å². The summed E-state index contributed by atoms with van der Waals surface area (Å²) in [6.07, 6.45) is 3.94. The van der Waals surface area contributed by atoms with Crippen LogP contribution in [0.5, 0.6) is 0 Å². The average Bonchev–Trinajstić information content (AvgIpc) is 3.06. The lowest BCUT2D eigenvalue weighted by atomic mass is 10.2. The van der Waals surface area contributed by atoms with Gasteiger partial charge in [-0.15, -0.1) is 0 Å². The van der Waals surface area contributed by atoms with E-state index in [1.807, 2.05) is 17.0 Å². The number of aromatic nitrogens is 2. The molecule has 0 saturated carbocycles. The molecular formula is C13H17N5O. The molecule has 2 heterocycles. The number of likely N-dealkylation sites (tertiary alicyclic amines) is 1. The van der Waals surface area contributed by atoms with E-state index >= 15 is 0 Å². The van der Waals surface area contributed by atoms with Crippen LogP contribution >= 0.6 is 0 Å². The van der Waals surface area contributed by atoms with Crippen molar-refractivity contribution < 1.29 is 4.79 Å². The van der Waals surface area contributed by atoms with E-state index in [0.717, 1.165) is 42.5 Å². The van der Waals surface area contributed by atoms with Crippen molar-refractivity contribution in [1.29, 1.82) is 0 Å². The number of anilines is 2. The second kappa shape index (κ2) is 4.79. The molecule has 0 atom stereocenters. The van der Waals surface area contributed by atoms with Crippen LogP contribution < -0.4 is 11.1 Å². The molecule has 1 aromatic carbocycles. The zero-order valence-electron chi connectivity index (χ0n) is 10.6. The Bertz CT molecular complexity index is 600. The molecule has 0 radical (unpaired) electrons. The van der Waals surface area contributed by atoms with Crippen LogP contribution in [0.1, 0.15) is 12.8 Å². The Kier molecular flexibility index (Phi) is 2.98. The highest BCUT2D eigenvalue weighted by atomic mass is 16.2. The zero-order chi connectivity index (χ0) is 13.2. The van der Waals surface area contributed by atoms with Crippen molar-refractivity contribution in [2.75, 3.05) is 30.7 Å². The predicted molar refractivity (Wildman–Crippen MR) is 74.8 cm³/mol. The van der Waals surface area contributed by atoms with Crippen molar-refractivity contribution in [3.05, 3.63) is 18.3 Å². The predicted octanol–water partition coefficient (Wildman–Crippen LogP) is 1.18. The van der Waals surface area contributed by atoms with E-state index in [1.165, 1.54) is 0 Å². The van der Waals surface area contributed by atoms with Crippen molar-refractivity contribution in [1.82, 2.24) is 15.1 Å². The fourth-order valence-electron chi connectivity index (χ4n) is 2.41. The summed E-state index contributed by atoms with van der Waals surface area (Å²) in [5, 5.41) is 10.9. The lowest BCUT2D eigenvalue weighted by Gasteiger charge is -2.16. The Morgan fingerprint density at radius 3 is 3.00 bits per heavy atom. The first kappa shape index (κ1) is 11.8. The third-order valence-corrected chi connectivity index (χ3v) is 3.50. The number of benzene rings is 1. The number of rotatable bonds is 3. The van der Waals surface area contributed by atoms with Crippen molar-refractivity contribution in [2.45, 2.75) is 12.8 Å².